The van der Waals surface area contributed by atoms with Gasteiger partial charge in [-0.15, -0.1) is 5.10 Å². The van der Waals surface area contributed by atoms with Crippen molar-refractivity contribution in [3.05, 3.63) is 24.4 Å². The fourth-order valence-corrected chi connectivity index (χ4v) is 1.96. The van der Waals surface area contributed by atoms with Gasteiger partial charge in [0.15, 0.2) is 11.5 Å². The van der Waals surface area contributed by atoms with Crippen LogP contribution in [0.4, 0.5) is 0 Å². The lowest BCUT2D eigenvalue weighted by Gasteiger charge is -2.25. The van der Waals surface area contributed by atoms with Gasteiger partial charge in [0.05, 0.1) is 33.6 Å². The van der Waals surface area contributed by atoms with Gasteiger partial charge < -0.3 is 14.2 Å². The second kappa shape index (κ2) is 4.89. The number of hydrogen-bond donors (Lipinski definition) is 0. The molecule has 2 heterocycles. The monoisotopic (exact) mass is 261 g/mol. The molecule has 19 heavy (non-hydrogen) atoms. The molecule has 2 aromatic rings. The van der Waals surface area contributed by atoms with Gasteiger partial charge in [0.25, 0.3) is 0 Å². The molecule has 3 rings (SSSR count). The maximum atomic E-state index is 5.28. The highest BCUT2D eigenvalue weighted by atomic mass is 16.5. The first-order valence-electron chi connectivity index (χ1n) is 6.04. The fourth-order valence-electron chi connectivity index (χ4n) is 1.96. The van der Waals surface area contributed by atoms with E-state index in [0.717, 1.165) is 11.3 Å². The zero-order chi connectivity index (χ0) is 13.2. The highest BCUT2D eigenvalue weighted by molar-refractivity contribution is 5.63. The average molecular weight is 261 g/mol. The quantitative estimate of drug-likeness (QED) is 0.835. The van der Waals surface area contributed by atoms with E-state index < -0.39 is 0 Å². The summed E-state index contributed by atoms with van der Waals surface area (Å²) in [5.74, 6) is 1.38. The smallest absolute Gasteiger partial charge is 0.161 e. The van der Waals surface area contributed by atoms with Crippen molar-refractivity contribution >= 4 is 0 Å². The first kappa shape index (κ1) is 12.0. The molecule has 1 aliphatic rings. The first-order valence-corrected chi connectivity index (χ1v) is 6.04. The van der Waals surface area contributed by atoms with Gasteiger partial charge in [0, 0.05) is 5.56 Å². The molecular weight excluding hydrogens is 246 g/mol. The molecule has 1 aromatic heterocycles. The van der Waals surface area contributed by atoms with Crippen molar-refractivity contribution in [2.45, 2.75) is 6.04 Å². The second-order valence-corrected chi connectivity index (χ2v) is 4.34. The van der Waals surface area contributed by atoms with Crippen molar-refractivity contribution in [3.63, 3.8) is 0 Å². The van der Waals surface area contributed by atoms with E-state index in [1.54, 1.807) is 14.2 Å². The molecule has 0 N–H and O–H groups in total. The Bertz CT molecular complexity index is 578. The van der Waals surface area contributed by atoms with Crippen molar-refractivity contribution in [1.29, 1.82) is 0 Å². The average Bonchev–Trinajstić information content (AvgIpc) is 2.85. The molecule has 1 saturated heterocycles. The molecule has 0 aliphatic carbocycles. The molecule has 0 radical (unpaired) electrons. The van der Waals surface area contributed by atoms with Gasteiger partial charge in [-0.3, -0.25) is 0 Å². The predicted molar refractivity (Wildman–Crippen MR) is 68.4 cm³/mol. The summed E-state index contributed by atoms with van der Waals surface area (Å²) in [5.41, 5.74) is 1.76. The van der Waals surface area contributed by atoms with Gasteiger partial charge in [-0.05, 0) is 18.2 Å². The van der Waals surface area contributed by atoms with E-state index in [4.69, 9.17) is 14.2 Å². The third kappa shape index (κ3) is 2.15. The minimum Gasteiger partial charge on any atom is -0.493 e. The highest BCUT2D eigenvalue weighted by Crippen LogP contribution is 2.31. The van der Waals surface area contributed by atoms with Crippen LogP contribution in [0.2, 0.25) is 0 Å². The third-order valence-corrected chi connectivity index (χ3v) is 3.18. The molecule has 1 aliphatic heterocycles. The van der Waals surface area contributed by atoms with Gasteiger partial charge in [-0.25, -0.2) is 4.68 Å². The zero-order valence-electron chi connectivity index (χ0n) is 10.9. The fraction of sp³-hybridized carbons (Fsp3) is 0.385. The van der Waals surface area contributed by atoms with Crippen molar-refractivity contribution in [2.24, 2.45) is 0 Å². The van der Waals surface area contributed by atoms with Crippen LogP contribution < -0.4 is 9.47 Å². The molecule has 100 valence electrons. The molecule has 0 saturated carbocycles. The van der Waals surface area contributed by atoms with Crippen LogP contribution in [0.1, 0.15) is 6.04 Å². The maximum Gasteiger partial charge on any atom is 0.161 e. The summed E-state index contributed by atoms with van der Waals surface area (Å²) < 4.78 is 17.5. The minimum atomic E-state index is 0.307. The maximum absolute atomic E-state index is 5.28. The first-order chi connectivity index (χ1) is 9.31. The summed E-state index contributed by atoms with van der Waals surface area (Å²) in [6, 6.07) is 6.00. The molecule has 0 unspecified atom stereocenters. The van der Waals surface area contributed by atoms with Crippen LogP contribution in [-0.4, -0.2) is 42.4 Å². The molecule has 0 bridgehead atoms. The second-order valence-electron chi connectivity index (χ2n) is 4.34. The Morgan fingerprint density at radius 1 is 1.21 bits per heavy atom. The lowest BCUT2D eigenvalue weighted by molar-refractivity contribution is -0.0293. The third-order valence-electron chi connectivity index (χ3n) is 3.18. The van der Waals surface area contributed by atoms with Crippen molar-refractivity contribution in [2.75, 3.05) is 27.4 Å². The van der Waals surface area contributed by atoms with Gasteiger partial charge in [0.1, 0.15) is 11.7 Å². The molecule has 6 heteroatoms. The van der Waals surface area contributed by atoms with Crippen LogP contribution in [-0.2, 0) is 4.74 Å². The van der Waals surface area contributed by atoms with Crippen LogP contribution >= 0.6 is 0 Å². The largest absolute Gasteiger partial charge is 0.493 e. The van der Waals surface area contributed by atoms with E-state index in [9.17, 15) is 0 Å². The normalized spacial score (nSPS) is 15.1. The molecule has 0 amide bonds. The molecule has 1 fully saturated rings. The Hall–Kier alpha value is -2.08. The number of benzene rings is 1. The number of rotatable bonds is 4. The van der Waals surface area contributed by atoms with E-state index in [1.807, 2.05) is 29.1 Å². The summed E-state index contributed by atoms with van der Waals surface area (Å²) in [6.07, 6.45) is 1.93. The standard InChI is InChI=1S/C13H15N3O3/c1-17-12-4-3-9(5-13(12)18-2)11-6-16(15-14-11)10-7-19-8-10/h3-6,10H,7-8H2,1-2H3. The molecule has 0 atom stereocenters. The van der Waals surface area contributed by atoms with Crippen molar-refractivity contribution < 1.29 is 14.2 Å². The topological polar surface area (TPSA) is 58.4 Å². The number of aromatic nitrogens is 3. The summed E-state index contributed by atoms with van der Waals surface area (Å²) >= 11 is 0. The Kier molecular flexibility index (Phi) is 3.08. The molecule has 6 nitrogen and oxygen atoms in total. The van der Waals surface area contributed by atoms with Gasteiger partial charge in [-0.1, -0.05) is 5.21 Å². The van der Waals surface area contributed by atoms with Crippen LogP contribution in [0, 0.1) is 0 Å². The summed E-state index contributed by atoms with van der Waals surface area (Å²) in [4.78, 5) is 0. The van der Waals surface area contributed by atoms with Crippen molar-refractivity contribution in [1.82, 2.24) is 15.0 Å². The van der Waals surface area contributed by atoms with Gasteiger partial charge in [0.2, 0.25) is 0 Å². The summed E-state index contributed by atoms with van der Waals surface area (Å²) in [7, 11) is 3.23. The molecular formula is C13H15N3O3. The lowest BCUT2D eigenvalue weighted by Crippen LogP contribution is -2.30. The Balaban J connectivity index is 1.90. The van der Waals surface area contributed by atoms with E-state index in [-0.39, 0.29) is 0 Å². The van der Waals surface area contributed by atoms with Crippen LogP contribution in [0.3, 0.4) is 0 Å². The van der Waals surface area contributed by atoms with E-state index >= 15 is 0 Å². The van der Waals surface area contributed by atoms with E-state index in [0.29, 0.717) is 30.8 Å². The van der Waals surface area contributed by atoms with Gasteiger partial charge in [-0.2, -0.15) is 0 Å². The van der Waals surface area contributed by atoms with Crippen molar-refractivity contribution in [3.8, 4) is 22.8 Å². The number of ether oxygens (including phenoxy) is 3. The van der Waals surface area contributed by atoms with Crippen LogP contribution in [0.15, 0.2) is 24.4 Å². The van der Waals surface area contributed by atoms with Crippen LogP contribution in [0.5, 0.6) is 11.5 Å². The molecule has 0 spiro atoms. The number of methoxy groups -OCH3 is 2. The SMILES string of the molecule is COc1ccc(-c2cn(C3COC3)nn2)cc1OC. The zero-order valence-corrected chi connectivity index (χ0v) is 10.9. The molecule has 1 aromatic carbocycles. The number of nitrogens with zero attached hydrogens (tertiary/aromatic N) is 3. The number of hydrogen-bond acceptors (Lipinski definition) is 5. The highest BCUT2D eigenvalue weighted by Gasteiger charge is 2.22. The summed E-state index contributed by atoms with van der Waals surface area (Å²) in [6.45, 7) is 1.41. The Morgan fingerprint density at radius 3 is 2.63 bits per heavy atom. The van der Waals surface area contributed by atoms with E-state index in [2.05, 4.69) is 10.3 Å². The Morgan fingerprint density at radius 2 is 2.00 bits per heavy atom. The summed E-state index contributed by atoms with van der Waals surface area (Å²) in [5, 5.41) is 8.31. The lowest BCUT2D eigenvalue weighted by atomic mass is 10.1. The van der Waals surface area contributed by atoms with E-state index in [1.165, 1.54) is 0 Å². The Labute approximate surface area is 110 Å². The van der Waals surface area contributed by atoms with Gasteiger partial charge >= 0.3 is 0 Å². The minimum absolute atomic E-state index is 0.307. The van der Waals surface area contributed by atoms with Crippen LogP contribution in [0.25, 0.3) is 11.3 Å². The predicted octanol–water partition coefficient (Wildman–Crippen LogP) is 1.53.